The van der Waals surface area contributed by atoms with Crippen LogP contribution in [-0.2, 0) is 11.3 Å². The van der Waals surface area contributed by atoms with Gasteiger partial charge in [-0.1, -0.05) is 18.2 Å². The quantitative estimate of drug-likeness (QED) is 0.733. The largest absolute Gasteiger partial charge is 0.462 e. The molecule has 2 N–H and O–H groups in total. The molecule has 5 heteroatoms. The number of carbonyl (C=O) groups is 1. The van der Waals surface area contributed by atoms with Crippen LogP contribution in [0, 0.1) is 6.92 Å². The van der Waals surface area contributed by atoms with E-state index in [1.807, 2.05) is 37.3 Å². The van der Waals surface area contributed by atoms with Crippen LogP contribution < -0.4 is 10.3 Å². The average molecular weight is 322 g/mol. The van der Waals surface area contributed by atoms with Gasteiger partial charge in [0.2, 0.25) is 5.52 Å². The Morgan fingerprint density at radius 3 is 2.92 bits per heavy atom. The number of pyridine rings is 2. The van der Waals surface area contributed by atoms with Crippen molar-refractivity contribution in [2.24, 2.45) is 0 Å². The number of carbonyl (C=O) groups excluding carboxylic acids is 1. The molecular weight excluding hydrogens is 302 g/mol. The Kier molecular flexibility index (Phi) is 4.70. The van der Waals surface area contributed by atoms with Crippen molar-refractivity contribution >= 4 is 22.6 Å². The summed E-state index contributed by atoms with van der Waals surface area (Å²) in [6.07, 6.45) is 5.25. The number of esters is 1. The predicted octanol–water partition coefficient (Wildman–Crippen LogP) is 3.15. The van der Waals surface area contributed by atoms with Gasteiger partial charge in [0.1, 0.15) is 5.56 Å². The van der Waals surface area contributed by atoms with Crippen LogP contribution in [0.4, 0.5) is 5.69 Å². The molecule has 3 rings (SSSR count). The summed E-state index contributed by atoms with van der Waals surface area (Å²) in [5, 5.41) is 4.34. The van der Waals surface area contributed by atoms with Crippen molar-refractivity contribution in [3.05, 3.63) is 65.6 Å². The molecule has 0 spiro atoms. The molecule has 3 aromatic rings. The third-order valence-corrected chi connectivity index (χ3v) is 3.86. The molecule has 0 atom stereocenters. The topological polar surface area (TPSA) is 65.4 Å². The number of nitrogens with zero attached hydrogens (tertiary/aromatic N) is 1. The van der Waals surface area contributed by atoms with Crippen molar-refractivity contribution in [1.29, 1.82) is 0 Å². The molecule has 0 bridgehead atoms. The fraction of sp³-hybridized carbons (Fsp3) is 0.211. The molecule has 0 aliphatic heterocycles. The number of H-pyrrole nitrogens is 1. The molecular formula is C19H20N3O2+. The summed E-state index contributed by atoms with van der Waals surface area (Å²) in [5.41, 5.74) is 4.43. The van der Waals surface area contributed by atoms with E-state index in [-0.39, 0.29) is 5.97 Å². The van der Waals surface area contributed by atoms with Gasteiger partial charge in [-0.3, -0.25) is 4.98 Å². The molecule has 24 heavy (non-hydrogen) atoms. The van der Waals surface area contributed by atoms with E-state index in [0.717, 1.165) is 27.7 Å². The number of anilines is 1. The third kappa shape index (κ3) is 3.20. The van der Waals surface area contributed by atoms with Crippen LogP contribution in [0.2, 0.25) is 0 Å². The van der Waals surface area contributed by atoms with Gasteiger partial charge in [-0.2, -0.15) is 0 Å². The predicted molar refractivity (Wildman–Crippen MR) is 92.8 cm³/mol. The Morgan fingerprint density at radius 2 is 2.17 bits per heavy atom. The summed E-state index contributed by atoms with van der Waals surface area (Å²) >= 11 is 0. The monoisotopic (exact) mass is 322 g/mol. The molecule has 0 amide bonds. The fourth-order valence-corrected chi connectivity index (χ4v) is 2.68. The van der Waals surface area contributed by atoms with Crippen LogP contribution in [0.5, 0.6) is 0 Å². The molecule has 0 radical (unpaired) electrons. The van der Waals surface area contributed by atoms with E-state index >= 15 is 0 Å². The van der Waals surface area contributed by atoms with Gasteiger partial charge < -0.3 is 10.1 Å². The Balaban J connectivity index is 2.05. The zero-order valence-corrected chi connectivity index (χ0v) is 13.8. The third-order valence-electron chi connectivity index (χ3n) is 3.86. The average Bonchev–Trinajstić information content (AvgIpc) is 2.61. The van der Waals surface area contributed by atoms with Crippen molar-refractivity contribution in [3.63, 3.8) is 0 Å². The molecule has 2 aromatic heterocycles. The van der Waals surface area contributed by atoms with Crippen LogP contribution in [0.25, 0.3) is 10.9 Å². The summed E-state index contributed by atoms with van der Waals surface area (Å²) in [5.74, 6) is -0.342. The van der Waals surface area contributed by atoms with Gasteiger partial charge in [0.05, 0.1) is 17.7 Å². The summed E-state index contributed by atoms with van der Waals surface area (Å²) < 4.78 is 5.19. The first-order valence-electron chi connectivity index (χ1n) is 7.94. The van der Waals surface area contributed by atoms with Crippen LogP contribution in [0.1, 0.15) is 28.4 Å². The van der Waals surface area contributed by atoms with Crippen molar-refractivity contribution < 1.29 is 14.5 Å². The second-order valence-corrected chi connectivity index (χ2v) is 5.51. The van der Waals surface area contributed by atoms with E-state index in [1.54, 1.807) is 25.5 Å². The maximum atomic E-state index is 12.3. The minimum atomic E-state index is -0.342. The number of hydrogen-bond acceptors (Lipinski definition) is 4. The lowest BCUT2D eigenvalue weighted by atomic mass is 10.1. The molecule has 1 aromatic carbocycles. The standard InChI is InChI=1S/C19H19N3O2/c1-3-24-19(23)16-12-22-17-13(2)6-4-8-15(17)18(16)21-11-14-7-5-9-20-10-14/h4-10,12H,3,11H2,1-2H3,(H,21,22)/p+1. The van der Waals surface area contributed by atoms with E-state index in [9.17, 15) is 4.79 Å². The molecule has 0 aliphatic rings. The van der Waals surface area contributed by atoms with Crippen molar-refractivity contribution in [1.82, 2.24) is 4.98 Å². The lowest BCUT2D eigenvalue weighted by molar-refractivity contribution is -0.345. The van der Waals surface area contributed by atoms with E-state index in [1.165, 1.54) is 0 Å². The molecule has 0 aliphatic carbocycles. The van der Waals surface area contributed by atoms with Gasteiger partial charge in [0.25, 0.3) is 0 Å². The van der Waals surface area contributed by atoms with Gasteiger partial charge in [0, 0.05) is 24.5 Å². The van der Waals surface area contributed by atoms with Gasteiger partial charge in [-0.15, -0.1) is 0 Å². The van der Waals surface area contributed by atoms with Crippen molar-refractivity contribution in [2.45, 2.75) is 20.4 Å². The summed E-state index contributed by atoms with van der Waals surface area (Å²) in [7, 11) is 0. The van der Waals surface area contributed by atoms with Crippen LogP contribution in [0.15, 0.2) is 48.9 Å². The van der Waals surface area contributed by atoms with Gasteiger partial charge >= 0.3 is 5.97 Å². The molecule has 0 saturated heterocycles. The Bertz CT molecular complexity index is 863. The highest BCUT2D eigenvalue weighted by molar-refractivity contribution is 6.04. The minimum absolute atomic E-state index is 0.340. The molecule has 0 fully saturated rings. The summed E-state index contributed by atoms with van der Waals surface area (Å²) in [4.78, 5) is 19.6. The first-order valence-corrected chi connectivity index (χ1v) is 7.94. The van der Waals surface area contributed by atoms with Crippen LogP contribution >= 0.6 is 0 Å². The Morgan fingerprint density at radius 1 is 1.29 bits per heavy atom. The number of nitrogens with one attached hydrogen (secondary N) is 2. The van der Waals surface area contributed by atoms with E-state index < -0.39 is 0 Å². The number of aromatic nitrogens is 2. The van der Waals surface area contributed by atoms with Crippen molar-refractivity contribution in [3.8, 4) is 0 Å². The minimum Gasteiger partial charge on any atom is -0.462 e. The van der Waals surface area contributed by atoms with Gasteiger partial charge in [-0.25, -0.2) is 9.78 Å². The second-order valence-electron chi connectivity index (χ2n) is 5.51. The smallest absolute Gasteiger partial charge is 0.346 e. The highest BCUT2D eigenvalue weighted by atomic mass is 16.5. The lowest BCUT2D eigenvalue weighted by Crippen LogP contribution is -2.16. The molecule has 2 heterocycles. The van der Waals surface area contributed by atoms with E-state index in [4.69, 9.17) is 4.74 Å². The molecule has 0 saturated carbocycles. The van der Waals surface area contributed by atoms with Gasteiger partial charge in [0.15, 0.2) is 6.20 Å². The number of ether oxygens (including phenoxy) is 1. The lowest BCUT2D eigenvalue weighted by Gasteiger charge is -2.12. The second kappa shape index (κ2) is 7.08. The SMILES string of the molecule is CCOC(=O)c1c[nH+]c2c(C)cccc2c1NCc1cccnc1. The maximum absolute atomic E-state index is 12.3. The number of aryl methyl sites for hydroxylation is 1. The number of aromatic amines is 1. The number of para-hydroxylation sites is 1. The van der Waals surface area contributed by atoms with E-state index in [2.05, 4.69) is 15.3 Å². The summed E-state index contributed by atoms with van der Waals surface area (Å²) in [6, 6.07) is 9.90. The maximum Gasteiger partial charge on any atom is 0.346 e. The highest BCUT2D eigenvalue weighted by Crippen LogP contribution is 2.27. The number of fused-ring (bicyclic) bond motifs is 1. The van der Waals surface area contributed by atoms with E-state index in [0.29, 0.717) is 18.7 Å². The zero-order chi connectivity index (χ0) is 16.9. The first kappa shape index (κ1) is 15.9. The zero-order valence-electron chi connectivity index (χ0n) is 13.8. The molecule has 122 valence electrons. The van der Waals surface area contributed by atoms with Crippen molar-refractivity contribution in [2.75, 3.05) is 11.9 Å². The first-order chi connectivity index (χ1) is 11.7. The van der Waals surface area contributed by atoms with Gasteiger partial charge in [-0.05, 0) is 31.5 Å². The number of rotatable bonds is 5. The van der Waals surface area contributed by atoms with Crippen LogP contribution in [0.3, 0.4) is 0 Å². The fourth-order valence-electron chi connectivity index (χ4n) is 2.68. The van der Waals surface area contributed by atoms with Crippen LogP contribution in [-0.4, -0.2) is 17.6 Å². The number of hydrogen-bond donors (Lipinski definition) is 1. The molecule has 0 unspecified atom stereocenters. The normalized spacial score (nSPS) is 10.6. The highest BCUT2D eigenvalue weighted by Gasteiger charge is 2.20. The summed E-state index contributed by atoms with van der Waals surface area (Å²) in [6.45, 7) is 4.75. The Labute approximate surface area is 140 Å². The number of benzene rings is 1. The Hall–Kier alpha value is -2.95. The molecule has 5 nitrogen and oxygen atoms in total.